The van der Waals surface area contributed by atoms with Crippen LogP contribution >= 0.6 is 0 Å². The highest BCUT2D eigenvalue weighted by Crippen LogP contribution is 2.28. The van der Waals surface area contributed by atoms with Crippen molar-refractivity contribution >= 4 is 11.6 Å². The molecule has 1 saturated heterocycles. The molecule has 1 amide bonds. The number of hydrogen-bond acceptors (Lipinski definition) is 3. The fourth-order valence-corrected chi connectivity index (χ4v) is 3.25. The number of amides is 1. The zero-order valence-electron chi connectivity index (χ0n) is 11.8. The molecule has 2 heterocycles. The number of benzene rings is 1. The normalized spacial score (nSPS) is 22.2. The molecule has 0 saturated carbocycles. The summed E-state index contributed by atoms with van der Waals surface area (Å²) in [5, 5.41) is 9.14. The van der Waals surface area contributed by atoms with Gasteiger partial charge in [0.2, 0.25) is 5.91 Å². The summed E-state index contributed by atoms with van der Waals surface area (Å²) < 4.78 is 0. The molecular formula is C16H22N2O2. The van der Waals surface area contributed by atoms with Crippen LogP contribution < -0.4 is 4.90 Å². The van der Waals surface area contributed by atoms with Gasteiger partial charge in [0.15, 0.2) is 0 Å². The van der Waals surface area contributed by atoms with Crippen molar-refractivity contribution in [3.8, 4) is 0 Å². The molecule has 2 aliphatic rings. The first kappa shape index (κ1) is 13.6. The van der Waals surface area contributed by atoms with Crippen molar-refractivity contribution in [3.63, 3.8) is 0 Å². The monoisotopic (exact) mass is 274 g/mol. The van der Waals surface area contributed by atoms with E-state index in [1.807, 2.05) is 23.1 Å². The van der Waals surface area contributed by atoms with E-state index in [1.54, 1.807) is 0 Å². The number of para-hydroxylation sites is 1. The van der Waals surface area contributed by atoms with E-state index in [0.29, 0.717) is 12.3 Å². The quantitative estimate of drug-likeness (QED) is 0.899. The van der Waals surface area contributed by atoms with Crippen LogP contribution in [0.15, 0.2) is 24.3 Å². The van der Waals surface area contributed by atoms with Gasteiger partial charge in [-0.3, -0.25) is 4.79 Å². The number of aliphatic hydroxyl groups excluding tert-OH is 1. The van der Waals surface area contributed by atoms with E-state index in [9.17, 15) is 4.79 Å². The molecular weight excluding hydrogens is 252 g/mol. The van der Waals surface area contributed by atoms with Crippen LogP contribution in [0.3, 0.4) is 0 Å². The second-order valence-electron chi connectivity index (χ2n) is 5.81. The van der Waals surface area contributed by atoms with E-state index in [-0.39, 0.29) is 12.5 Å². The number of anilines is 1. The first-order chi connectivity index (χ1) is 9.78. The Balaban J connectivity index is 1.53. The summed E-state index contributed by atoms with van der Waals surface area (Å²) >= 11 is 0. The van der Waals surface area contributed by atoms with Crippen molar-refractivity contribution in [3.05, 3.63) is 29.8 Å². The minimum Gasteiger partial charge on any atom is -0.396 e. The SMILES string of the molecule is O=C(CCN1CCC(CO)C1)N1CCc2ccccc21. The summed E-state index contributed by atoms with van der Waals surface area (Å²) in [6.45, 7) is 3.84. The van der Waals surface area contributed by atoms with E-state index in [4.69, 9.17) is 5.11 Å². The van der Waals surface area contributed by atoms with Crippen molar-refractivity contribution in [2.24, 2.45) is 5.92 Å². The van der Waals surface area contributed by atoms with E-state index < -0.39 is 0 Å². The highest BCUT2D eigenvalue weighted by atomic mass is 16.3. The van der Waals surface area contributed by atoms with Crippen LogP contribution in [0, 0.1) is 5.92 Å². The molecule has 0 radical (unpaired) electrons. The maximum atomic E-state index is 12.4. The highest BCUT2D eigenvalue weighted by Gasteiger charge is 2.26. The number of fused-ring (bicyclic) bond motifs is 1. The van der Waals surface area contributed by atoms with E-state index >= 15 is 0 Å². The number of aliphatic hydroxyl groups is 1. The van der Waals surface area contributed by atoms with Gasteiger partial charge in [0.25, 0.3) is 0 Å². The van der Waals surface area contributed by atoms with Gasteiger partial charge in [-0.05, 0) is 36.9 Å². The second-order valence-corrected chi connectivity index (χ2v) is 5.81. The molecule has 2 aliphatic heterocycles. The van der Waals surface area contributed by atoms with Gasteiger partial charge in [-0.15, -0.1) is 0 Å². The van der Waals surface area contributed by atoms with Crippen LogP contribution in [-0.4, -0.2) is 48.7 Å². The zero-order valence-corrected chi connectivity index (χ0v) is 11.8. The summed E-state index contributed by atoms with van der Waals surface area (Å²) in [7, 11) is 0. The molecule has 20 heavy (non-hydrogen) atoms. The second kappa shape index (κ2) is 5.94. The lowest BCUT2D eigenvalue weighted by atomic mass is 10.1. The lowest BCUT2D eigenvalue weighted by Crippen LogP contribution is -2.33. The zero-order chi connectivity index (χ0) is 13.9. The van der Waals surface area contributed by atoms with Crippen LogP contribution in [0.4, 0.5) is 5.69 Å². The number of carbonyl (C=O) groups excluding carboxylic acids is 1. The Kier molecular flexibility index (Phi) is 4.03. The molecule has 4 heteroatoms. The number of nitrogens with zero attached hydrogens (tertiary/aromatic N) is 2. The molecule has 1 unspecified atom stereocenters. The van der Waals surface area contributed by atoms with Crippen molar-refractivity contribution in [1.29, 1.82) is 0 Å². The summed E-state index contributed by atoms with van der Waals surface area (Å²) in [6.07, 6.45) is 2.60. The summed E-state index contributed by atoms with van der Waals surface area (Å²) in [6, 6.07) is 8.18. The Morgan fingerprint density at radius 1 is 1.30 bits per heavy atom. The first-order valence-corrected chi connectivity index (χ1v) is 7.49. The number of carbonyl (C=O) groups is 1. The Hall–Kier alpha value is -1.39. The molecule has 0 aromatic heterocycles. The van der Waals surface area contributed by atoms with Gasteiger partial charge in [-0.2, -0.15) is 0 Å². The number of hydrogen-bond donors (Lipinski definition) is 1. The summed E-state index contributed by atoms with van der Waals surface area (Å²) in [5.41, 5.74) is 2.37. The standard InChI is InChI=1S/C16H22N2O2/c19-12-13-5-8-17(11-13)9-7-16(20)18-10-6-14-3-1-2-4-15(14)18/h1-4,13,19H,5-12H2. The third kappa shape index (κ3) is 2.72. The van der Waals surface area contributed by atoms with E-state index in [0.717, 1.165) is 44.7 Å². The van der Waals surface area contributed by atoms with Gasteiger partial charge in [0, 0.05) is 38.3 Å². The Bertz CT molecular complexity index is 489. The van der Waals surface area contributed by atoms with E-state index in [2.05, 4.69) is 11.0 Å². The average molecular weight is 274 g/mol. The number of rotatable bonds is 4. The molecule has 0 spiro atoms. The number of likely N-dealkylation sites (tertiary alicyclic amines) is 1. The summed E-state index contributed by atoms with van der Waals surface area (Å²) in [5.74, 6) is 0.625. The molecule has 3 rings (SSSR count). The van der Waals surface area contributed by atoms with Gasteiger partial charge < -0.3 is 14.9 Å². The molecule has 108 valence electrons. The molecule has 4 nitrogen and oxygen atoms in total. The van der Waals surface area contributed by atoms with Gasteiger partial charge in [0.05, 0.1) is 0 Å². The third-order valence-corrected chi connectivity index (χ3v) is 4.46. The van der Waals surface area contributed by atoms with Crippen molar-refractivity contribution in [1.82, 2.24) is 4.90 Å². The smallest absolute Gasteiger partial charge is 0.228 e. The Morgan fingerprint density at radius 2 is 2.15 bits per heavy atom. The average Bonchev–Trinajstić information content (AvgIpc) is 3.11. The fourth-order valence-electron chi connectivity index (χ4n) is 3.25. The topological polar surface area (TPSA) is 43.8 Å². The highest BCUT2D eigenvalue weighted by molar-refractivity contribution is 5.95. The Morgan fingerprint density at radius 3 is 2.95 bits per heavy atom. The lowest BCUT2D eigenvalue weighted by Gasteiger charge is -2.20. The molecule has 0 aliphatic carbocycles. The first-order valence-electron chi connectivity index (χ1n) is 7.49. The maximum absolute atomic E-state index is 12.4. The van der Waals surface area contributed by atoms with Gasteiger partial charge >= 0.3 is 0 Å². The fraction of sp³-hybridized carbons (Fsp3) is 0.562. The molecule has 1 aromatic carbocycles. The summed E-state index contributed by atoms with van der Waals surface area (Å²) in [4.78, 5) is 16.6. The third-order valence-electron chi connectivity index (χ3n) is 4.46. The minimum absolute atomic E-state index is 0.224. The molecule has 1 N–H and O–H groups in total. The maximum Gasteiger partial charge on any atom is 0.228 e. The van der Waals surface area contributed by atoms with Gasteiger partial charge in [-0.1, -0.05) is 18.2 Å². The predicted molar refractivity (Wildman–Crippen MR) is 78.7 cm³/mol. The molecule has 1 atom stereocenters. The Labute approximate surface area is 120 Å². The van der Waals surface area contributed by atoms with Crippen LogP contribution in [0.1, 0.15) is 18.4 Å². The van der Waals surface area contributed by atoms with Crippen molar-refractivity contribution in [2.45, 2.75) is 19.3 Å². The predicted octanol–water partition coefficient (Wildman–Crippen LogP) is 1.28. The van der Waals surface area contributed by atoms with Gasteiger partial charge in [-0.25, -0.2) is 0 Å². The minimum atomic E-state index is 0.224. The largest absolute Gasteiger partial charge is 0.396 e. The van der Waals surface area contributed by atoms with Crippen molar-refractivity contribution in [2.75, 3.05) is 37.7 Å². The van der Waals surface area contributed by atoms with Crippen LogP contribution in [-0.2, 0) is 11.2 Å². The molecule has 1 aromatic rings. The van der Waals surface area contributed by atoms with Crippen LogP contribution in [0.25, 0.3) is 0 Å². The molecule has 0 bridgehead atoms. The van der Waals surface area contributed by atoms with Crippen LogP contribution in [0.5, 0.6) is 0 Å². The lowest BCUT2D eigenvalue weighted by molar-refractivity contribution is -0.118. The van der Waals surface area contributed by atoms with Gasteiger partial charge in [0.1, 0.15) is 0 Å². The van der Waals surface area contributed by atoms with Crippen molar-refractivity contribution < 1.29 is 9.90 Å². The van der Waals surface area contributed by atoms with E-state index in [1.165, 1.54) is 5.56 Å². The molecule has 1 fully saturated rings. The van der Waals surface area contributed by atoms with Crippen LogP contribution in [0.2, 0.25) is 0 Å².